The summed E-state index contributed by atoms with van der Waals surface area (Å²) >= 11 is 0. The predicted molar refractivity (Wildman–Crippen MR) is 119 cm³/mol. The van der Waals surface area contributed by atoms with Gasteiger partial charge in [0.05, 0.1) is 30.2 Å². The molecule has 0 radical (unpaired) electrons. The molecule has 0 unspecified atom stereocenters. The Bertz CT molecular complexity index is 1180. The second-order valence-corrected chi connectivity index (χ2v) is 9.24. The van der Waals surface area contributed by atoms with E-state index in [2.05, 4.69) is 22.2 Å². The molecule has 2 aromatic carbocycles. The number of benzene rings is 2. The number of imide groups is 1. The van der Waals surface area contributed by atoms with E-state index in [9.17, 15) is 19.2 Å². The van der Waals surface area contributed by atoms with Crippen LogP contribution in [0.5, 0.6) is 0 Å². The molecule has 7 nitrogen and oxygen atoms in total. The number of rotatable bonds is 4. The van der Waals surface area contributed by atoms with Crippen LogP contribution in [0.25, 0.3) is 0 Å². The lowest BCUT2D eigenvalue weighted by Gasteiger charge is -2.37. The fraction of sp³-hybridized carbons (Fsp3) is 0.308. The first-order valence-electron chi connectivity index (χ1n) is 11.1. The minimum atomic E-state index is -0.449. The van der Waals surface area contributed by atoms with E-state index in [0.717, 1.165) is 6.42 Å². The summed E-state index contributed by atoms with van der Waals surface area (Å²) in [5.41, 5.74) is 1.83. The van der Waals surface area contributed by atoms with E-state index in [4.69, 9.17) is 0 Å². The molecule has 7 rings (SSSR count). The van der Waals surface area contributed by atoms with Gasteiger partial charge in [-0.1, -0.05) is 12.2 Å². The minimum Gasteiger partial charge on any atom is -0.465 e. The zero-order valence-corrected chi connectivity index (χ0v) is 17.9. The first-order chi connectivity index (χ1) is 16.0. The number of allylic oxidation sites excluding steroid dienone is 2. The molecular formula is C26H22N2O5. The van der Waals surface area contributed by atoms with Crippen LogP contribution in [0.4, 0.5) is 11.4 Å². The van der Waals surface area contributed by atoms with Gasteiger partial charge in [0.2, 0.25) is 11.8 Å². The van der Waals surface area contributed by atoms with Crippen molar-refractivity contribution in [2.75, 3.05) is 17.3 Å². The van der Waals surface area contributed by atoms with E-state index >= 15 is 0 Å². The zero-order valence-electron chi connectivity index (χ0n) is 17.9. The number of methoxy groups -OCH3 is 1. The maximum atomic E-state index is 13.2. The van der Waals surface area contributed by atoms with Gasteiger partial charge in [0.1, 0.15) is 0 Å². The Morgan fingerprint density at radius 1 is 0.848 bits per heavy atom. The molecule has 3 fully saturated rings. The van der Waals surface area contributed by atoms with Crippen LogP contribution in [0.15, 0.2) is 60.7 Å². The lowest BCUT2D eigenvalue weighted by molar-refractivity contribution is -0.124. The first kappa shape index (κ1) is 19.9. The quantitative estimate of drug-likeness (QED) is 0.446. The monoisotopic (exact) mass is 442 g/mol. The third-order valence-electron chi connectivity index (χ3n) is 7.61. The van der Waals surface area contributed by atoms with E-state index < -0.39 is 5.97 Å². The van der Waals surface area contributed by atoms with Gasteiger partial charge in [-0.25, -0.2) is 4.79 Å². The van der Waals surface area contributed by atoms with Gasteiger partial charge in [0.25, 0.3) is 5.91 Å². The summed E-state index contributed by atoms with van der Waals surface area (Å²) in [6.45, 7) is 0. The molecule has 4 aliphatic carbocycles. The Morgan fingerprint density at radius 2 is 1.39 bits per heavy atom. The van der Waals surface area contributed by atoms with Crippen molar-refractivity contribution in [2.45, 2.75) is 6.42 Å². The molecule has 0 aromatic heterocycles. The molecule has 2 saturated carbocycles. The predicted octanol–water partition coefficient (Wildman–Crippen LogP) is 3.28. The van der Waals surface area contributed by atoms with Gasteiger partial charge in [0.15, 0.2) is 0 Å². The Hall–Kier alpha value is -3.74. The van der Waals surface area contributed by atoms with Gasteiger partial charge < -0.3 is 10.1 Å². The maximum Gasteiger partial charge on any atom is 0.337 e. The molecule has 2 aromatic rings. The van der Waals surface area contributed by atoms with E-state index in [0.29, 0.717) is 34.3 Å². The van der Waals surface area contributed by atoms with Crippen molar-refractivity contribution in [3.05, 3.63) is 71.8 Å². The van der Waals surface area contributed by atoms with Crippen molar-refractivity contribution in [3.63, 3.8) is 0 Å². The van der Waals surface area contributed by atoms with Crippen LogP contribution < -0.4 is 10.2 Å². The van der Waals surface area contributed by atoms with Gasteiger partial charge in [-0.05, 0) is 78.6 Å². The van der Waals surface area contributed by atoms with Crippen molar-refractivity contribution >= 4 is 35.1 Å². The van der Waals surface area contributed by atoms with Crippen molar-refractivity contribution in [3.8, 4) is 0 Å². The number of carbonyl (C=O) groups excluding carboxylic acids is 4. The first-order valence-corrected chi connectivity index (χ1v) is 11.1. The Morgan fingerprint density at radius 3 is 1.94 bits per heavy atom. The van der Waals surface area contributed by atoms with Crippen LogP contribution in [0.3, 0.4) is 0 Å². The number of hydrogen-bond donors (Lipinski definition) is 1. The van der Waals surface area contributed by atoms with Crippen LogP contribution in [0, 0.1) is 35.5 Å². The second kappa shape index (κ2) is 7.13. The van der Waals surface area contributed by atoms with E-state index in [1.165, 1.54) is 12.0 Å². The molecule has 1 heterocycles. The lowest BCUT2D eigenvalue weighted by Crippen LogP contribution is -2.40. The summed E-state index contributed by atoms with van der Waals surface area (Å²) in [4.78, 5) is 51.9. The highest BCUT2D eigenvalue weighted by Crippen LogP contribution is 2.65. The summed E-state index contributed by atoms with van der Waals surface area (Å²) in [6.07, 6.45) is 5.44. The van der Waals surface area contributed by atoms with Gasteiger partial charge in [-0.15, -0.1) is 0 Å². The molecule has 1 aliphatic heterocycles. The Balaban J connectivity index is 1.18. The number of nitrogens with one attached hydrogen (secondary N) is 1. The van der Waals surface area contributed by atoms with Crippen molar-refractivity contribution in [1.82, 2.24) is 0 Å². The number of anilines is 2. The highest BCUT2D eigenvalue weighted by Gasteiger charge is 2.67. The number of esters is 1. The molecule has 5 aliphatic rings. The van der Waals surface area contributed by atoms with E-state index in [-0.39, 0.29) is 41.4 Å². The summed E-state index contributed by atoms with van der Waals surface area (Å²) in [7, 11) is 1.31. The third kappa shape index (κ3) is 2.95. The Kier molecular flexibility index (Phi) is 4.30. The third-order valence-corrected chi connectivity index (χ3v) is 7.61. The van der Waals surface area contributed by atoms with E-state index in [1.54, 1.807) is 48.5 Å². The summed E-state index contributed by atoms with van der Waals surface area (Å²) in [5, 5.41) is 2.77. The van der Waals surface area contributed by atoms with Gasteiger partial charge >= 0.3 is 5.97 Å². The van der Waals surface area contributed by atoms with Gasteiger partial charge in [-0.2, -0.15) is 0 Å². The summed E-state index contributed by atoms with van der Waals surface area (Å²) in [6, 6.07) is 12.9. The molecule has 7 heteroatoms. The van der Waals surface area contributed by atoms with Crippen LogP contribution >= 0.6 is 0 Å². The molecule has 1 saturated heterocycles. The second-order valence-electron chi connectivity index (χ2n) is 9.24. The van der Waals surface area contributed by atoms with Gasteiger partial charge in [-0.3, -0.25) is 19.3 Å². The largest absolute Gasteiger partial charge is 0.465 e. The fourth-order valence-corrected chi connectivity index (χ4v) is 5.98. The SMILES string of the molecule is COC(=O)c1ccc(NC(=O)c2ccc(N3C(=O)[C@H]4[C@@H]5C=C[C@@H]([C@H]6C[C@H]56)[C@@H]4C3=O)cc2)cc1. The number of hydrogen-bond acceptors (Lipinski definition) is 5. The maximum absolute atomic E-state index is 13.2. The molecule has 166 valence electrons. The molecule has 6 atom stereocenters. The summed E-state index contributed by atoms with van der Waals surface area (Å²) < 4.78 is 4.67. The van der Waals surface area contributed by atoms with Crippen molar-refractivity contribution in [1.29, 1.82) is 0 Å². The average Bonchev–Trinajstić information content (AvgIpc) is 3.62. The average molecular weight is 442 g/mol. The van der Waals surface area contributed by atoms with Crippen molar-refractivity contribution in [2.24, 2.45) is 35.5 Å². The molecule has 3 amide bonds. The number of ether oxygens (including phenoxy) is 1. The number of amides is 3. The number of nitrogens with zero attached hydrogens (tertiary/aromatic N) is 1. The lowest BCUT2D eigenvalue weighted by atomic mass is 9.63. The standard InChI is InChI=1S/C26H22N2O5/c1-33-26(32)14-2-6-15(7-3-14)27-23(29)13-4-8-16(9-5-13)28-24(30)21-17-10-11-18(20-12-19(17)20)22(21)25(28)31/h2-11,17-22H,12H2,1H3,(H,27,29)/t17-,18+,19-,20-,21+,22+/m1/s1. The summed E-state index contributed by atoms with van der Waals surface area (Å²) in [5.74, 6) is -0.00676. The smallest absolute Gasteiger partial charge is 0.337 e. The molecule has 0 spiro atoms. The van der Waals surface area contributed by atoms with Crippen LogP contribution in [0.1, 0.15) is 27.1 Å². The zero-order chi connectivity index (χ0) is 22.9. The molecule has 33 heavy (non-hydrogen) atoms. The molecular weight excluding hydrogens is 420 g/mol. The normalized spacial score (nSPS) is 30.6. The fourth-order valence-electron chi connectivity index (χ4n) is 5.98. The minimum absolute atomic E-state index is 0.113. The Labute approximate surface area is 190 Å². The molecule has 2 bridgehead atoms. The van der Waals surface area contributed by atoms with Crippen LogP contribution in [0.2, 0.25) is 0 Å². The highest BCUT2D eigenvalue weighted by molar-refractivity contribution is 6.22. The molecule has 1 N–H and O–H groups in total. The van der Waals surface area contributed by atoms with Crippen LogP contribution in [-0.4, -0.2) is 30.8 Å². The van der Waals surface area contributed by atoms with Crippen molar-refractivity contribution < 1.29 is 23.9 Å². The number of carbonyl (C=O) groups is 4. The van der Waals surface area contributed by atoms with E-state index in [1.807, 2.05) is 0 Å². The van der Waals surface area contributed by atoms with Gasteiger partial charge in [0, 0.05) is 11.3 Å². The van der Waals surface area contributed by atoms with Crippen LogP contribution in [-0.2, 0) is 14.3 Å². The topological polar surface area (TPSA) is 92.8 Å². The highest BCUT2D eigenvalue weighted by atomic mass is 16.5.